The first-order valence-electron chi connectivity index (χ1n) is 8.48. The Bertz CT molecular complexity index is 705. The first kappa shape index (κ1) is 17.8. The Balaban J connectivity index is 1.42. The smallest absolute Gasteiger partial charge is 0.238 e. The Morgan fingerprint density at radius 3 is 2.32 bits per heavy atom. The van der Waals surface area contributed by atoms with Crippen LogP contribution >= 0.6 is 11.3 Å². The van der Waals surface area contributed by atoms with Crippen molar-refractivity contribution in [1.29, 1.82) is 0 Å². The van der Waals surface area contributed by atoms with Gasteiger partial charge in [-0.25, -0.2) is 0 Å². The number of anilines is 1. The maximum absolute atomic E-state index is 12.2. The lowest BCUT2D eigenvalue weighted by Gasteiger charge is -2.34. The molecule has 1 aromatic carbocycles. The fraction of sp³-hybridized carbons (Fsp3) is 0.368. The average molecular weight is 357 g/mol. The predicted octanol–water partition coefficient (Wildman–Crippen LogP) is 2.71. The van der Waals surface area contributed by atoms with Crippen molar-refractivity contribution in [3.63, 3.8) is 0 Å². The number of hydrogen-bond acceptors (Lipinski definition) is 5. The molecule has 0 saturated carbocycles. The second-order valence-corrected chi connectivity index (χ2v) is 7.35. The molecule has 3 rings (SSSR count). The number of hydrogen-bond donors (Lipinski definition) is 1. The molecule has 0 radical (unpaired) electrons. The van der Waals surface area contributed by atoms with Crippen LogP contribution in [0.5, 0.6) is 0 Å². The number of nitrogens with one attached hydrogen (secondary N) is 1. The summed E-state index contributed by atoms with van der Waals surface area (Å²) in [5.41, 5.74) is 1.38. The normalized spacial score (nSPS) is 15.9. The van der Waals surface area contributed by atoms with Gasteiger partial charge in [0.1, 0.15) is 0 Å². The van der Waals surface area contributed by atoms with Gasteiger partial charge in [-0.05, 0) is 42.6 Å². The van der Waals surface area contributed by atoms with Crippen molar-refractivity contribution >= 4 is 28.7 Å². The molecule has 1 aliphatic heterocycles. The van der Waals surface area contributed by atoms with Crippen molar-refractivity contribution in [3.8, 4) is 0 Å². The van der Waals surface area contributed by atoms with Gasteiger partial charge in [-0.15, -0.1) is 11.3 Å². The van der Waals surface area contributed by atoms with Crippen LogP contribution in [0.4, 0.5) is 5.69 Å². The van der Waals surface area contributed by atoms with E-state index in [9.17, 15) is 9.59 Å². The van der Waals surface area contributed by atoms with Gasteiger partial charge in [0.25, 0.3) is 0 Å². The van der Waals surface area contributed by atoms with Crippen LogP contribution in [-0.2, 0) is 11.3 Å². The van der Waals surface area contributed by atoms with Crippen molar-refractivity contribution in [2.45, 2.75) is 13.5 Å². The molecule has 1 aromatic heterocycles. The number of amides is 1. The van der Waals surface area contributed by atoms with E-state index < -0.39 is 0 Å². The molecule has 0 unspecified atom stereocenters. The van der Waals surface area contributed by atoms with Gasteiger partial charge < -0.3 is 5.32 Å². The van der Waals surface area contributed by atoms with E-state index >= 15 is 0 Å². The van der Waals surface area contributed by atoms with Crippen molar-refractivity contribution in [2.24, 2.45) is 0 Å². The summed E-state index contributed by atoms with van der Waals surface area (Å²) in [5.74, 6) is 0.0144. The van der Waals surface area contributed by atoms with Gasteiger partial charge in [0.05, 0.1) is 6.54 Å². The van der Waals surface area contributed by atoms with E-state index in [1.54, 1.807) is 35.6 Å². The zero-order valence-electron chi connectivity index (χ0n) is 14.4. The van der Waals surface area contributed by atoms with E-state index in [2.05, 4.69) is 32.6 Å². The molecule has 2 heterocycles. The maximum Gasteiger partial charge on any atom is 0.238 e. The van der Waals surface area contributed by atoms with Gasteiger partial charge in [-0.2, -0.15) is 0 Å². The van der Waals surface area contributed by atoms with Crippen LogP contribution in [0.3, 0.4) is 0 Å². The van der Waals surface area contributed by atoms with Crippen molar-refractivity contribution in [2.75, 3.05) is 38.0 Å². The summed E-state index contributed by atoms with van der Waals surface area (Å²) in [4.78, 5) is 29.5. The fourth-order valence-electron chi connectivity index (χ4n) is 2.92. The molecule has 1 saturated heterocycles. The van der Waals surface area contributed by atoms with E-state index in [-0.39, 0.29) is 11.7 Å². The summed E-state index contributed by atoms with van der Waals surface area (Å²) in [6.07, 6.45) is 0. The molecule has 1 N–H and O–H groups in total. The third-order valence-electron chi connectivity index (χ3n) is 4.37. The van der Waals surface area contributed by atoms with Crippen LogP contribution in [0, 0.1) is 0 Å². The van der Waals surface area contributed by atoms with Crippen molar-refractivity contribution < 1.29 is 9.59 Å². The molecule has 0 spiro atoms. The van der Waals surface area contributed by atoms with E-state index in [1.165, 1.54) is 11.8 Å². The number of Topliss-reactive ketones (excluding diaryl/α,β-unsaturated/α-hetero) is 1. The summed E-state index contributed by atoms with van der Waals surface area (Å²) in [6.45, 7) is 6.72. The standard InChI is InChI=1S/C19H23N3O2S/c1-15(23)16-4-6-17(7-5-16)20-19(24)14-22-10-8-21(9-11-22)13-18-3-2-12-25-18/h2-7,12H,8-11,13-14H2,1H3,(H,20,24). The number of rotatable bonds is 6. The molecular weight excluding hydrogens is 334 g/mol. The van der Waals surface area contributed by atoms with Crippen molar-refractivity contribution in [3.05, 3.63) is 52.2 Å². The molecule has 2 aromatic rings. The number of thiophene rings is 1. The monoisotopic (exact) mass is 357 g/mol. The Morgan fingerprint density at radius 1 is 1.04 bits per heavy atom. The number of ketones is 1. The molecule has 6 heteroatoms. The van der Waals surface area contributed by atoms with E-state index in [4.69, 9.17) is 0 Å². The summed E-state index contributed by atoms with van der Waals surface area (Å²) in [7, 11) is 0. The Labute approximate surface area is 152 Å². The Kier molecular flexibility index (Phi) is 5.96. The zero-order valence-corrected chi connectivity index (χ0v) is 15.2. The van der Waals surface area contributed by atoms with Gasteiger partial charge in [0.2, 0.25) is 5.91 Å². The van der Waals surface area contributed by atoms with Crippen molar-refractivity contribution in [1.82, 2.24) is 9.80 Å². The molecule has 1 aliphatic rings. The molecule has 5 nitrogen and oxygen atoms in total. The molecular formula is C19H23N3O2S. The number of benzene rings is 1. The minimum atomic E-state index is -0.0118. The molecule has 0 bridgehead atoms. The van der Waals surface area contributed by atoms with Crippen LogP contribution < -0.4 is 5.32 Å². The molecule has 1 amide bonds. The lowest BCUT2D eigenvalue weighted by Crippen LogP contribution is -2.48. The topological polar surface area (TPSA) is 52.7 Å². The minimum Gasteiger partial charge on any atom is -0.325 e. The van der Waals surface area contributed by atoms with Crippen LogP contribution in [0.1, 0.15) is 22.2 Å². The van der Waals surface area contributed by atoms with Crippen LogP contribution in [0.15, 0.2) is 41.8 Å². The largest absolute Gasteiger partial charge is 0.325 e. The Morgan fingerprint density at radius 2 is 1.72 bits per heavy atom. The van der Waals surface area contributed by atoms with Gasteiger partial charge in [-0.3, -0.25) is 19.4 Å². The number of carbonyl (C=O) groups is 2. The molecule has 25 heavy (non-hydrogen) atoms. The third kappa shape index (κ3) is 5.22. The maximum atomic E-state index is 12.2. The lowest BCUT2D eigenvalue weighted by molar-refractivity contribution is -0.117. The summed E-state index contributed by atoms with van der Waals surface area (Å²) in [5, 5.41) is 5.01. The second-order valence-electron chi connectivity index (χ2n) is 6.31. The number of nitrogens with zero attached hydrogens (tertiary/aromatic N) is 2. The van der Waals surface area contributed by atoms with Crippen LogP contribution in [0.2, 0.25) is 0 Å². The van der Waals surface area contributed by atoms with E-state index in [0.717, 1.165) is 38.4 Å². The quantitative estimate of drug-likeness (QED) is 0.808. The molecule has 132 valence electrons. The highest BCUT2D eigenvalue weighted by Gasteiger charge is 2.19. The first-order chi connectivity index (χ1) is 12.1. The molecule has 1 fully saturated rings. The summed E-state index contributed by atoms with van der Waals surface area (Å²) in [6, 6.07) is 11.3. The van der Waals surface area contributed by atoms with E-state index in [1.807, 2.05) is 0 Å². The van der Waals surface area contributed by atoms with Gasteiger partial charge >= 0.3 is 0 Å². The summed E-state index contributed by atoms with van der Waals surface area (Å²) >= 11 is 1.79. The SMILES string of the molecule is CC(=O)c1ccc(NC(=O)CN2CCN(Cc3cccs3)CC2)cc1. The highest BCUT2D eigenvalue weighted by atomic mass is 32.1. The predicted molar refractivity (Wildman–Crippen MR) is 101 cm³/mol. The highest BCUT2D eigenvalue weighted by Crippen LogP contribution is 2.14. The lowest BCUT2D eigenvalue weighted by atomic mass is 10.1. The van der Waals surface area contributed by atoms with Gasteiger partial charge in [0.15, 0.2) is 5.78 Å². The number of carbonyl (C=O) groups excluding carboxylic acids is 2. The summed E-state index contributed by atoms with van der Waals surface area (Å²) < 4.78 is 0. The minimum absolute atomic E-state index is 0.0118. The highest BCUT2D eigenvalue weighted by molar-refractivity contribution is 7.09. The molecule has 0 aliphatic carbocycles. The second kappa shape index (κ2) is 8.38. The first-order valence-corrected chi connectivity index (χ1v) is 9.36. The number of piperazine rings is 1. The fourth-order valence-corrected chi connectivity index (χ4v) is 3.67. The Hall–Kier alpha value is -2.02. The zero-order chi connectivity index (χ0) is 17.6. The van der Waals surface area contributed by atoms with Crippen LogP contribution in [-0.4, -0.2) is 54.2 Å². The average Bonchev–Trinajstić information content (AvgIpc) is 3.10. The van der Waals surface area contributed by atoms with Gasteiger partial charge in [-0.1, -0.05) is 6.07 Å². The third-order valence-corrected chi connectivity index (χ3v) is 5.23. The molecule has 0 atom stereocenters. The van der Waals surface area contributed by atoms with Crippen LogP contribution in [0.25, 0.3) is 0 Å². The van der Waals surface area contributed by atoms with E-state index in [0.29, 0.717) is 12.1 Å². The van der Waals surface area contributed by atoms with Gasteiger partial charge in [0, 0.05) is 48.9 Å².